The molecule has 0 spiro atoms. The minimum Gasteiger partial charge on any atom is -0.507 e. The second-order valence-electron chi connectivity index (χ2n) is 7.75. The maximum atomic E-state index is 14.8. The first-order valence-corrected chi connectivity index (χ1v) is 12.0. The zero-order chi connectivity index (χ0) is 23.0. The van der Waals surface area contributed by atoms with Gasteiger partial charge in [-0.1, -0.05) is 30.3 Å². The number of sulfone groups is 1. The van der Waals surface area contributed by atoms with Crippen LogP contribution in [0.2, 0.25) is 0 Å². The number of nitrogens with zero attached hydrogens (tertiary/aromatic N) is 1. The van der Waals surface area contributed by atoms with E-state index < -0.39 is 45.2 Å². The Labute approximate surface area is 185 Å². The molecule has 2 aromatic rings. The molecule has 2 fully saturated rings. The molecule has 1 amide bonds. The van der Waals surface area contributed by atoms with E-state index in [9.17, 15) is 27.5 Å². The molecule has 0 aliphatic carbocycles. The van der Waals surface area contributed by atoms with E-state index in [4.69, 9.17) is 4.74 Å². The average Bonchev–Trinajstić information content (AvgIpc) is 3.24. The van der Waals surface area contributed by atoms with Gasteiger partial charge in [-0.3, -0.25) is 9.59 Å². The molecule has 168 valence electrons. The van der Waals surface area contributed by atoms with Gasteiger partial charge in [-0.05, 0) is 31.5 Å². The quantitative estimate of drug-likeness (QED) is 0.419. The number of aliphatic hydroxyl groups is 1. The molecule has 2 aliphatic rings. The van der Waals surface area contributed by atoms with Gasteiger partial charge in [0.2, 0.25) is 0 Å². The smallest absolute Gasteiger partial charge is 0.295 e. The summed E-state index contributed by atoms with van der Waals surface area (Å²) in [5.74, 6) is -3.06. The molecule has 0 saturated carbocycles. The fraction of sp³-hybridized carbons (Fsp3) is 0.304. The lowest BCUT2D eigenvalue weighted by molar-refractivity contribution is -0.141. The second-order valence-corrected chi connectivity index (χ2v) is 9.97. The van der Waals surface area contributed by atoms with E-state index in [0.29, 0.717) is 12.4 Å². The minimum atomic E-state index is -3.39. The summed E-state index contributed by atoms with van der Waals surface area (Å²) in [4.78, 5) is 27.2. The maximum Gasteiger partial charge on any atom is 0.295 e. The standard InChI is InChI=1S/C23H22FNO6S/c1-2-31-16-7-5-6-14(12-16)21(26)19-20(17-8-3-4-9-18(17)24)25(23(28)22(19)27)15-10-11-32(29,30)13-15/h3-9,12,15,20,26H,2,10-11,13H2,1H3/t15-,20-/m1/s1. The van der Waals surface area contributed by atoms with Crippen LogP contribution in [0.1, 0.15) is 30.5 Å². The molecular formula is C23H22FNO6S. The van der Waals surface area contributed by atoms with Gasteiger partial charge in [0.15, 0.2) is 9.84 Å². The number of Topliss-reactive ketones (excluding diaryl/α,β-unsaturated/α-hetero) is 1. The number of benzene rings is 2. The van der Waals surface area contributed by atoms with E-state index in [1.54, 1.807) is 31.2 Å². The number of rotatable bonds is 5. The summed E-state index contributed by atoms with van der Waals surface area (Å²) in [5, 5.41) is 11.1. The van der Waals surface area contributed by atoms with Crippen LogP contribution in [-0.4, -0.2) is 54.3 Å². The van der Waals surface area contributed by atoms with Crippen molar-refractivity contribution in [1.29, 1.82) is 0 Å². The first-order chi connectivity index (χ1) is 15.2. The van der Waals surface area contributed by atoms with Crippen LogP contribution < -0.4 is 4.74 Å². The molecule has 7 nitrogen and oxygen atoms in total. The molecule has 4 rings (SSSR count). The highest BCUT2D eigenvalue weighted by molar-refractivity contribution is 7.91. The van der Waals surface area contributed by atoms with Crippen molar-refractivity contribution in [2.45, 2.75) is 25.4 Å². The minimum absolute atomic E-state index is 0.0125. The number of ketones is 1. The van der Waals surface area contributed by atoms with Crippen molar-refractivity contribution in [3.8, 4) is 5.75 Å². The van der Waals surface area contributed by atoms with Gasteiger partial charge in [-0.15, -0.1) is 0 Å². The van der Waals surface area contributed by atoms with Crippen molar-refractivity contribution in [2.24, 2.45) is 0 Å². The highest BCUT2D eigenvalue weighted by Crippen LogP contribution is 2.43. The lowest BCUT2D eigenvalue weighted by Crippen LogP contribution is -2.40. The third-order valence-corrected chi connectivity index (χ3v) is 7.45. The summed E-state index contributed by atoms with van der Waals surface area (Å²) in [5.41, 5.74) is -0.0362. The number of hydrogen-bond acceptors (Lipinski definition) is 6. The normalized spacial score (nSPS) is 24.1. The van der Waals surface area contributed by atoms with Crippen LogP contribution in [0.15, 0.2) is 54.1 Å². The first-order valence-electron chi connectivity index (χ1n) is 10.2. The van der Waals surface area contributed by atoms with Crippen LogP contribution in [0.25, 0.3) is 5.76 Å². The molecule has 2 atom stereocenters. The van der Waals surface area contributed by atoms with E-state index in [0.717, 1.165) is 4.90 Å². The van der Waals surface area contributed by atoms with E-state index in [2.05, 4.69) is 0 Å². The van der Waals surface area contributed by atoms with Crippen LogP contribution >= 0.6 is 0 Å². The lowest BCUT2D eigenvalue weighted by Gasteiger charge is -2.30. The van der Waals surface area contributed by atoms with Crippen molar-refractivity contribution >= 4 is 27.3 Å². The Bertz CT molecular complexity index is 1220. The predicted molar refractivity (Wildman–Crippen MR) is 115 cm³/mol. The molecule has 32 heavy (non-hydrogen) atoms. The van der Waals surface area contributed by atoms with Gasteiger partial charge in [0.1, 0.15) is 17.3 Å². The molecule has 9 heteroatoms. The molecule has 2 aliphatic heterocycles. The van der Waals surface area contributed by atoms with Crippen molar-refractivity contribution in [2.75, 3.05) is 18.1 Å². The van der Waals surface area contributed by atoms with Crippen LogP contribution in [0.3, 0.4) is 0 Å². The van der Waals surface area contributed by atoms with Crippen molar-refractivity contribution in [3.05, 3.63) is 71.0 Å². The zero-order valence-electron chi connectivity index (χ0n) is 17.3. The Morgan fingerprint density at radius 3 is 2.59 bits per heavy atom. The summed E-state index contributed by atoms with van der Waals surface area (Å²) in [6.45, 7) is 2.19. The number of hydrogen-bond donors (Lipinski definition) is 1. The molecule has 0 unspecified atom stereocenters. The van der Waals surface area contributed by atoms with Crippen molar-refractivity contribution < 1.29 is 32.2 Å². The van der Waals surface area contributed by atoms with Gasteiger partial charge in [0.05, 0.1) is 29.7 Å². The van der Waals surface area contributed by atoms with Crippen LogP contribution in [0, 0.1) is 5.82 Å². The van der Waals surface area contributed by atoms with Gasteiger partial charge in [-0.2, -0.15) is 0 Å². The largest absolute Gasteiger partial charge is 0.507 e. The lowest BCUT2D eigenvalue weighted by atomic mass is 9.94. The third kappa shape index (κ3) is 3.88. The van der Waals surface area contributed by atoms with E-state index in [1.165, 1.54) is 24.3 Å². The fourth-order valence-corrected chi connectivity index (χ4v) is 5.99. The highest BCUT2D eigenvalue weighted by atomic mass is 32.2. The van der Waals surface area contributed by atoms with Gasteiger partial charge < -0.3 is 14.7 Å². The molecule has 1 N–H and O–H groups in total. The number of likely N-dealkylation sites (tertiary alicyclic amines) is 1. The fourth-order valence-electron chi connectivity index (χ4n) is 4.28. The number of aliphatic hydroxyl groups excluding tert-OH is 1. The Morgan fingerprint density at radius 2 is 1.94 bits per heavy atom. The van der Waals surface area contributed by atoms with Crippen LogP contribution in [0.5, 0.6) is 5.75 Å². The monoisotopic (exact) mass is 459 g/mol. The van der Waals surface area contributed by atoms with Gasteiger partial charge >= 0.3 is 0 Å². The number of carbonyl (C=O) groups is 2. The number of carbonyl (C=O) groups excluding carboxylic acids is 2. The Kier molecular flexibility index (Phi) is 5.77. The van der Waals surface area contributed by atoms with Gasteiger partial charge in [0.25, 0.3) is 11.7 Å². The Hall–Kier alpha value is -3.20. The van der Waals surface area contributed by atoms with Crippen LogP contribution in [0.4, 0.5) is 4.39 Å². The van der Waals surface area contributed by atoms with Crippen molar-refractivity contribution in [3.63, 3.8) is 0 Å². The number of halogens is 1. The maximum absolute atomic E-state index is 14.8. The third-order valence-electron chi connectivity index (χ3n) is 5.70. The second kappa shape index (κ2) is 8.38. The average molecular weight is 459 g/mol. The summed E-state index contributed by atoms with van der Waals surface area (Å²) >= 11 is 0. The number of ether oxygens (including phenoxy) is 1. The van der Waals surface area contributed by atoms with Gasteiger partial charge in [-0.25, -0.2) is 12.8 Å². The van der Waals surface area contributed by atoms with E-state index in [1.807, 2.05) is 0 Å². The Balaban J connectivity index is 1.89. The van der Waals surface area contributed by atoms with E-state index >= 15 is 0 Å². The van der Waals surface area contributed by atoms with E-state index in [-0.39, 0.29) is 34.6 Å². The summed E-state index contributed by atoms with van der Waals surface area (Å²) in [7, 11) is -3.39. The molecule has 2 aromatic carbocycles. The number of amides is 1. The topological polar surface area (TPSA) is 101 Å². The summed E-state index contributed by atoms with van der Waals surface area (Å²) < 4.78 is 44.4. The van der Waals surface area contributed by atoms with Gasteiger partial charge in [0, 0.05) is 17.2 Å². The first kappa shape index (κ1) is 22.0. The molecular weight excluding hydrogens is 437 g/mol. The van der Waals surface area contributed by atoms with Crippen molar-refractivity contribution in [1.82, 2.24) is 4.90 Å². The summed E-state index contributed by atoms with van der Waals surface area (Å²) in [6.07, 6.45) is 0.139. The molecule has 0 aromatic heterocycles. The molecule has 2 heterocycles. The Morgan fingerprint density at radius 1 is 1.19 bits per heavy atom. The molecule has 0 radical (unpaired) electrons. The zero-order valence-corrected chi connectivity index (χ0v) is 18.1. The summed E-state index contributed by atoms with van der Waals surface area (Å²) in [6, 6.07) is 9.97. The van der Waals surface area contributed by atoms with Crippen LogP contribution in [-0.2, 0) is 19.4 Å². The predicted octanol–water partition coefficient (Wildman–Crippen LogP) is 2.83. The SMILES string of the molecule is CCOc1cccc(C(O)=C2C(=O)C(=O)N([C@@H]3CCS(=O)(=O)C3)[C@@H]2c2ccccc2F)c1. The highest BCUT2D eigenvalue weighted by Gasteiger charge is 2.51. The molecule has 2 saturated heterocycles. The molecule has 0 bridgehead atoms.